The number of esters is 1. The highest BCUT2D eigenvalue weighted by atomic mass is 16.5. The maximum absolute atomic E-state index is 12.1. The first kappa shape index (κ1) is 13.8. The van der Waals surface area contributed by atoms with Gasteiger partial charge in [-0.25, -0.2) is 0 Å². The molecule has 0 aromatic rings. The minimum atomic E-state index is -0.539. The van der Waals surface area contributed by atoms with Crippen LogP contribution >= 0.6 is 0 Å². The first-order chi connectivity index (χ1) is 8.64. The number of nitrogens with one attached hydrogen (secondary N) is 1. The minimum absolute atomic E-state index is 0.116. The van der Waals surface area contributed by atoms with Gasteiger partial charge in [-0.3, -0.25) is 10.1 Å². The van der Waals surface area contributed by atoms with E-state index in [0.29, 0.717) is 12.5 Å². The van der Waals surface area contributed by atoms with Crippen molar-refractivity contribution in [3.05, 3.63) is 0 Å². The summed E-state index contributed by atoms with van der Waals surface area (Å²) in [4.78, 5) is 12.1. The van der Waals surface area contributed by atoms with E-state index >= 15 is 0 Å². The third-order valence-corrected chi connectivity index (χ3v) is 3.86. The largest absolute Gasteiger partial charge is 0.465 e. The molecule has 1 saturated carbocycles. The van der Waals surface area contributed by atoms with E-state index in [4.69, 9.17) is 9.47 Å². The van der Waals surface area contributed by atoms with Crippen molar-refractivity contribution in [3.63, 3.8) is 0 Å². The summed E-state index contributed by atoms with van der Waals surface area (Å²) >= 11 is 0. The molecule has 0 aromatic carbocycles. The van der Waals surface area contributed by atoms with Crippen molar-refractivity contribution >= 4 is 5.97 Å². The Labute approximate surface area is 109 Å². The zero-order valence-electron chi connectivity index (χ0n) is 11.5. The Morgan fingerprint density at radius 3 is 2.78 bits per heavy atom. The second-order valence-corrected chi connectivity index (χ2v) is 5.72. The minimum Gasteiger partial charge on any atom is -0.465 e. The number of hydrogen-bond donors (Lipinski definition) is 1. The highest BCUT2D eigenvalue weighted by Gasteiger charge is 2.40. The molecule has 2 unspecified atom stereocenters. The van der Waals surface area contributed by atoms with Crippen LogP contribution in [0.4, 0.5) is 0 Å². The monoisotopic (exact) mass is 255 g/mol. The Morgan fingerprint density at radius 2 is 2.22 bits per heavy atom. The van der Waals surface area contributed by atoms with Crippen LogP contribution in [0, 0.1) is 5.92 Å². The molecule has 2 aliphatic rings. The average Bonchev–Trinajstić information content (AvgIpc) is 2.99. The molecule has 0 bridgehead atoms. The molecule has 0 aromatic heterocycles. The summed E-state index contributed by atoms with van der Waals surface area (Å²) in [5.41, 5.74) is -0.539. The van der Waals surface area contributed by atoms with Crippen molar-refractivity contribution < 1.29 is 14.3 Å². The molecule has 4 heteroatoms. The molecule has 18 heavy (non-hydrogen) atoms. The standard InChI is InChI=1S/C14H25NO3/c1-3-17-13(16)14(2,9-11-6-7-11)15-10-12-5-4-8-18-12/h11-12,15H,3-10H2,1-2H3. The maximum atomic E-state index is 12.1. The van der Waals surface area contributed by atoms with Gasteiger partial charge in [0.05, 0.1) is 12.7 Å². The van der Waals surface area contributed by atoms with Gasteiger partial charge in [0.25, 0.3) is 0 Å². The van der Waals surface area contributed by atoms with Crippen molar-refractivity contribution in [1.82, 2.24) is 5.32 Å². The Kier molecular flexibility index (Phi) is 4.62. The third kappa shape index (κ3) is 3.69. The highest BCUT2D eigenvalue weighted by Crippen LogP contribution is 2.37. The van der Waals surface area contributed by atoms with Crippen LogP contribution in [-0.2, 0) is 14.3 Å². The summed E-state index contributed by atoms with van der Waals surface area (Å²) in [6.45, 7) is 5.88. The van der Waals surface area contributed by atoms with Gasteiger partial charge in [-0.1, -0.05) is 12.8 Å². The van der Waals surface area contributed by atoms with Crippen LogP contribution in [0.25, 0.3) is 0 Å². The molecule has 1 N–H and O–H groups in total. The molecule has 2 fully saturated rings. The molecule has 0 amide bonds. The number of carbonyl (C=O) groups excluding carboxylic acids is 1. The topological polar surface area (TPSA) is 47.6 Å². The molecule has 104 valence electrons. The molecule has 1 saturated heterocycles. The fourth-order valence-electron chi connectivity index (χ4n) is 2.56. The van der Waals surface area contributed by atoms with Gasteiger partial charge in [0, 0.05) is 13.2 Å². The lowest BCUT2D eigenvalue weighted by Gasteiger charge is -2.29. The Bertz CT molecular complexity index is 285. The maximum Gasteiger partial charge on any atom is 0.326 e. The van der Waals surface area contributed by atoms with Crippen molar-refractivity contribution in [2.75, 3.05) is 19.8 Å². The van der Waals surface area contributed by atoms with E-state index in [2.05, 4.69) is 5.32 Å². The van der Waals surface area contributed by atoms with Gasteiger partial charge in [0.2, 0.25) is 0 Å². The van der Waals surface area contributed by atoms with Crippen LogP contribution in [0.15, 0.2) is 0 Å². The molecule has 2 rings (SSSR count). The molecular formula is C14H25NO3. The van der Waals surface area contributed by atoms with Gasteiger partial charge >= 0.3 is 5.97 Å². The zero-order chi connectivity index (χ0) is 13.0. The zero-order valence-corrected chi connectivity index (χ0v) is 11.5. The number of carbonyl (C=O) groups is 1. The molecule has 0 spiro atoms. The van der Waals surface area contributed by atoms with Gasteiger partial charge < -0.3 is 9.47 Å². The third-order valence-electron chi connectivity index (χ3n) is 3.86. The van der Waals surface area contributed by atoms with E-state index in [1.165, 1.54) is 12.8 Å². The Balaban J connectivity index is 1.87. The average molecular weight is 255 g/mol. The highest BCUT2D eigenvalue weighted by molar-refractivity contribution is 5.80. The lowest BCUT2D eigenvalue weighted by Crippen LogP contribution is -2.53. The molecule has 1 aliphatic carbocycles. The van der Waals surface area contributed by atoms with Gasteiger partial charge in [-0.15, -0.1) is 0 Å². The summed E-state index contributed by atoms with van der Waals surface area (Å²) in [7, 11) is 0. The SMILES string of the molecule is CCOC(=O)C(C)(CC1CC1)NCC1CCCO1. The van der Waals surface area contributed by atoms with Crippen LogP contribution in [0.2, 0.25) is 0 Å². The molecule has 1 heterocycles. The molecule has 4 nitrogen and oxygen atoms in total. The number of hydrogen-bond acceptors (Lipinski definition) is 4. The number of ether oxygens (including phenoxy) is 2. The van der Waals surface area contributed by atoms with Gasteiger partial charge in [-0.05, 0) is 39.0 Å². The normalized spacial score (nSPS) is 26.9. The van der Waals surface area contributed by atoms with Crippen molar-refractivity contribution in [2.45, 2.75) is 57.6 Å². The molecule has 1 aliphatic heterocycles. The van der Waals surface area contributed by atoms with Crippen LogP contribution in [-0.4, -0.2) is 37.4 Å². The van der Waals surface area contributed by atoms with E-state index in [0.717, 1.165) is 32.4 Å². The quantitative estimate of drug-likeness (QED) is 0.706. The Hall–Kier alpha value is -0.610. The van der Waals surface area contributed by atoms with E-state index in [9.17, 15) is 4.79 Å². The van der Waals surface area contributed by atoms with E-state index in [-0.39, 0.29) is 12.1 Å². The first-order valence-corrected chi connectivity index (χ1v) is 7.18. The van der Waals surface area contributed by atoms with E-state index in [1.54, 1.807) is 0 Å². The van der Waals surface area contributed by atoms with Crippen molar-refractivity contribution in [3.8, 4) is 0 Å². The fourth-order valence-corrected chi connectivity index (χ4v) is 2.56. The Morgan fingerprint density at radius 1 is 1.44 bits per heavy atom. The second kappa shape index (κ2) is 6.02. The predicted octanol–water partition coefficient (Wildman–Crippen LogP) is 1.88. The van der Waals surface area contributed by atoms with Gasteiger partial charge in [-0.2, -0.15) is 0 Å². The number of rotatable bonds is 7. The first-order valence-electron chi connectivity index (χ1n) is 7.18. The summed E-state index contributed by atoms with van der Waals surface area (Å²) in [5, 5.41) is 3.39. The summed E-state index contributed by atoms with van der Waals surface area (Å²) < 4.78 is 10.8. The lowest BCUT2D eigenvalue weighted by atomic mass is 9.94. The summed E-state index contributed by atoms with van der Waals surface area (Å²) in [6, 6.07) is 0. The van der Waals surface area contributed by atoms with Gasteiger partial charge in [0.1, 0.15) is 5.54 Å². The van der Waals surface area contributed by atoms with Crippen LogP contribution in [0.5, 0.6) is 0 Å². The van der Waals surface area contributed by atoms with Crippen molar-refractivity contribution in [2.24, 2.45) is 5.92 Å². The summed E-state index contributed by atoms with van der Waals surface area (Å²) in [6.07, 6.45) is 5.87. The van der Waals surface area contributed by atoms with Crippen molar-refractivity contribution in [1.29, 1.82) is 0 Å². The second-order valence-electron chi connectivity index (χ2n) is 5.72. The smallest absolute Gasteiger partial charge is 0.326 e. The summed E-state index contributed by atoms with van der Waals surface area (Å²) in [5.74, 6) is 0.575. The van der Waals surface area contributed by atoms with E-state index in [1.807, 2.05) is 13.8 Å². The van der Waals surface area contributed by atoms with Crippen LogP contribution < -0.4 is 5.32 Å². The molecular weight excluding hydrogens is 230 g/mol. The predicted molar refractivity (Wildman–Crippen MR) is 69.4 cm³/mol. The lowest BCUT2D eigenvalue weighted by molar-refractivity contribution is -0.151. The van der Waals surface area contributed by atoms with Gasteiger partial charge in [0.15, 0.2) is 0 Å². The van der Waals surface area contributed by atoms with Crippen LogP contribution in [0.1, 0.15) is 46.0 Å². The van der Waals surface area contributed by atoms with E-state index < -0.39 is 5.54 Å². The molecule has 2 atom stereocenters. The van der Waals surface area contributed by atoms with Crippen LogP contribution in [0.3, 0.4) is 0 Å². The molecule has 0 radical (unpaired) electrons. The fraction of sp³-hybridized carbons (Fsp3) is 0.929.